The Labute approximate surface area is 101 Å². The maximum Gasteiger partial charge on any atom is 0.313 e. The molecule has 0 aliphatic heterocycles. The maximum atomic E-state index is 13.1. The number of halogens is 1. The summed E-state index contributed by atoms with van der Waals surface area (Å²) < 4.78 is 17.8. The van der Waals surface area contributed by atoms with Crippen molar-refractivity contribution in [2.75, 3.05) is 19.0 Å². The molecule has 1 rings (SSSR count). The summed E-state index contributed by atoms with van der Waals surface area (Å²) in [7, 11) is 1.36. The molecule has 0 aliphatic carbocycles. The van der Waals surface area contributed by atoms with Crippen LogP contribution in [0.4, 0.5) is 10.1 Å². The molecule has 0 saturated heterocycles. The van der Waals surface area contributed by atoms with E-state index in [0.29, 0.717) is 12.2 Å². The van der Waals surface area contributed by atoms with Gasteiger partial charge in [0.25, 0.3) is 0 Å². The first kappa shape index (κ1) is 13.5. The van der Waals surface area contributed by atoms with E-state index in [1.54, 1.807) is 19.9 Å². The van der Waals surface area contributed by atoms with Crippen molar-refractivity contribution in [1.29, 1.82) is 0 Å². The van der Waals surface area contributed by atoms with Crippen molar-refractivity contribution in [2.45, 2.75) is 20.8 Å². The molecule has 4 heteroatoms. The van der Waals surface area contributed by atoms with E-state index < -0.39 is 5.41 Å². The van der Waals surface area contributed by atoms with Gasteiger partial charge in [-0.3, -0.25) is 4.79 Å². The Kier molecular flexibility index (Phi) is 4.10. The van der Waals surface area contributed by atoms with Gasteiger partial charge in [-0.2, -0.15) is 0 Å². The lowest BCUT2D eigenvalue weighted by atomic mass is 9.93. The Balaban J connectivity index is 2.73. The minimum absolute atomic E-state index is 0.293. The van der Waals surface area contributed by atoms with Gasteiger partial charge in [-0.1, -0.05) is 6.07 Å². The molecule has 0 aromatic heterocycles. The molecule has 0 fully saturated rings. The molecule has 0 bridgehead atoms. The van der Waals surface area contributed by atoms with Crippen LogP contribution in [0.15, 0.2) is 18.2 Å². The first-order valence-electron chi connectivity index (χ1n) is 5.45. The molecular formula is C13H18FNO2. The fourth-order valence-corrected chi connectivity index (χ4v) is 1.45. The average Bonchev–Trinajstić information content (AvgIpc) is 2.29. The molecule has 0 spiro atoms. The third-order valence-corrected chi connectivity index (χ3v) is 2.66. The minimum Gasteiger partial charge on any atom is -0.469 e. The SMILES string of the molecule is COC(=O)C(C)(C)CNc1cc(F)ccc1C. The summed E-state index contributed by atoms with van der Waals surface area (Å²) >= 11 is 0. The zero-order chi connectivity index (χ0) is 13.1. The first-order valence-corrected chi connectivity index (χ1v) is 5.45. The monoisotopic (exact) mass is 239 g/mol. The molecule has 17 heavy (non-hydrogen) atoms. The topological polar surface area (TPSA) is 38.3 Å². The van der Waals surface area contributed by atoms with E-state index in [0.717, 1.165) is 5.56 Å². The fourth-order valence-electron chi connectivity index (χ4n) is 1.45. The molecule has 1 N–H and O–H groups in total. The van der Waals surface area contributed by atoms with Gasteiger partial charge in [-0.05, 0) is 38.5 Å². The van der Waals surface area contributed by atoms with Crippen LogP contribution in [0.3, 0.4) is 0 Å². The third-order valence-electron chi connectivity index (χ3n) is 2.66. The number of hydrogen-bond donors (Lipinski definition) is 1. The zero-order valence-corrected chi connectivity index (χ0v) is 10.6. The molecule has 0 heterocycles. The lowest BCUT2D eigenvalue weighted by Gasteiger charge is -2.23. The van der Waals surface area contributed by atoms with Crippen LogP contribution in [0.5, 0.6) is 0 Å². The van der Waals surface area contributed by atoms with Crippen molar-refractivity contribution in [3.63, 3.8) is 0 Å². The second kappa shape index (κ2) is 5.17. The number of carbonyl (C=O) groups excluding carboxylic acids is 1. The Morgan fingerprint density at radius 2 is 2.12 bits per heavy atom. The van der Waals surface area contributed by atoms with Gasteiger partial charge in [-0.15, -0.1) is 0 Å². The number of methoxy groups -OCH3 is 1. The van der Waals surface area contributed by atoms with Gasteiger partial charge in [0.05, 0.1) is 12.5 Å². The number of benzene rings is 1. The average molecular weight is 239 g/mol. The molecule has 1 aromatic carbocycles. The second-order valence-corrected chi connectivity index (χ2v) is 4.69. The van der Waals surface area contributed by atoms with Crippen molar-refractivity contribution < 1.29 is 13.9 Å². The summed E-state index contributed by atoms with van der Waals surface area (Å²) in [5, 5.41) is 3.07. The maximum absolute atomic E-state index is 13.1. The van der Waals surface area contributed by atoms with Gasteiger partial charge in [-0.25, -0.2) is 4.39 Å². The number of hydrogen-bond acceptors (Lipinski definition) is 3. The quantitative estimate of drug-likeness (QED) is 0.821. The number of esters is 1. The predicted octanol–water partition coefficient (Wildman–Crippen LogP) is 2.75. The van der Waals surface area contributed by atoms with E-state index >= 15 is 0 Å². The van der Waals surface area contributed by atoms with Crippen LogP contribution in [-0.4, -0.2) is 19.6 Å². The molecule has 3 nitrogen and oxygen atoms in total. The molecule has 0 atom stereocenters. The summed E-state index contributed by atoms with van der Waals surface area (Å²) in [4.78, 5) is 11.5. The van der Waals surface area contributed by atoms with E-state index in [2.05, 4.69) is 5.32 Å². The van der Waals surface area contributed by atoms with Gasteiger partial charge in [0.2, 0.25) is 0 Å². The Bertz CT molecular complexity index is 416. The largest absolute Gasteiger partial charge is 0.469 e. The molecule has 0 unspecified atom stereocenters. The van der Waals surface area contributed by atoms with Gasteiger partial charge in [0.1, 0.15) is 5.82 Å². The minimum atomic E-state index is -0.645. The van der Waals surface area contributed by atoms with Gasteiger partial charge >= 0.3 is 5.97 Å². The van der Waals surface area contributed by atoms with Crippen molar-refractivity contribution in [3.8, 4) is 0 Å². The summed E-state index contributed by atoms with van der Waals surface area (Å²) in [6, 6.07) is 4.53. The molecule has 1 aromatic rings. The Morgan fingerprint density at radius 3 is 2.71 bits per heavy atom. The third kappa shape index (κ3) is 3.44. The smallest absolute Gasteiger partial charge is 0.313 e. The highest BCUT2D eigenvalue weighted by Gasteiger charge is 2.28. The van der Waals surface area contributed by atoms with E-state index in [4.69, 9.17) is 4.74 Å². The first-order chi connectivity index (χ1) is 7.86. The van der Waals surface area contributed by atoms with Crippen LogP contribution >= 0.6 is 0 Å². The van der Waals surface area contributed by atoms with Crippen LogP contribution in [0.25, 0.3) is 0 Å². The second-order valence-electron chi connectivity index (χ2n) is 4.69. The fraction of sp³-hybridized carbons (Fsp3) is 0.462. The number of rotatable bonds is 4. The highest BCUT2D eigenvalue weighted by Crippen LogP contribution is 2.21. The highest BCUT2D eigenvalue weighted by molar-refractivity contribution is 5.76. The van der Waals surface area contributed by atoms with E-state index in [-0.39, 0.29) is 11.8 Å². The zero-order valence-electron chi connectivity index (χ0n) is 10.6. The number of carbonyl (C=O) groups is 1. The number of aryl methyl sites for hydroxylation is 1. The summed E-state index contributed by atoms with van der Waals surface area (Å²) in [6.07, 6.45) is 0. The standard InChI is InChI=1S/C13H18FNO2/c1-9-5-6-10(14)7-11(9)15-8-13(2,3)12(16)17-4/h5-7,15H,8H2,1-4H3. The van der Waals surface area contributed by atoms with E-state index in [9.17, 15) is 9.18 Å². The number of nitrogens with one attached hydrogen (secondary N) is 1. The Morgan fingerprint density at radius 1 is 1.47 bits per heavy atom. The van der Waals surface area contributed by atoms with Crippen LogP contribution < -0.4 is 5.32 Å². The van der Waals surface area contributed by atoms with Crippen molar-refractivity contribution in [1.82, 2.24) is 0 Å². The normalized spacial score (nSPS) is 11.1. The van der Waals surface area contributed by atoms with Gasteiger partial charge in [0, 0.05) is 12.2 Å². The van der Waals surface area contributed by atoms with Crippen LogP contribution in [-0.2, 0) is 9.53 Å². The van der Waals surface area contributed by atoms with Crippen LogP contribution in [0.1, 0.15) is 19.4 Å². The van der Waals surface area contributed by atoms with Gasteiger partial charge < -0.3 is 10.1 Å². The molecule has 0 amide bonds. The van der Waals surface area contributed by atoms with Crippen molar-refractivity contribution >= 4 is 11.7 Å². The van der Waals surface area contributed by atoms with Crippen molar-refractivity contribution in [3.05, 3.63) is 29.6 Å². The van der Waals surface area contributed by atoms with Crippen molar-refractivity contribution in [2.24, 2.45) is 5.41 Å². The lowest BCUT2D eigenvalue weighted by Crippen LogP contribution is -2.33. The summed E-state index contributed by atoms with van der Waals surface area (Å²) in [6.45, 7) is 5.83. The number of ether oxygens (including phenoxy) is 1. The summed E-state index contributed by atoms with van der Waals surface area (Å²) in [5.74, 6) is -0.590. The predicted molar refractivity (Wildman–Crippen MR) is 65.4 cm³/mol. The summed E-state index contributed by atoms with van der Waals surface area (Å²) in [5.41, 5.74) is 0.988. The van der Waals surface area contributed by atoms with E-state index in [1.165, 1.54) is 19.2 Å². The highest BCUT2D eigenvalue weighted by atomic mass is 19.1. The van der Waals surface area contributed by atoms with Gasteiger partial charge in [0.15, 0.2) is 0 Å². The molecular weight excluding hydrogens is 221 g/mol. The van der Waals surface area contributed by atoms with E-state index in [1.807, 2.05) is 6.92 Å². The number of anilines is 1. The molecule has 94 valence electrons. The molecule has 0 saturated carbocycles. The lowest BCUT2D eigenvalue weighted by molar-refractivity contribution is -0.149. The van der Waals surface area contributed by atoms with Crippen LogP contribution in [0.2, 0.25) is 0 Å². The van der Waals surface area contributed by atoms with Crippen LogP contribution in [0, 0.1) is 18.2 Å². The molecule has 0 aliphatic rings. The molecule has 0 radical (unpaired) electrons. The Hall–Kier alpha value is -1.58.